The molecule has 0 amide bonds. The standard InChI is InChI=1S/C23H23NO3/c1-3-8-17-19-13-16(25)11-12-18(19)22(27-4-2)21-20(17)14-24(23(21)26)15-9-6-5-7-10-15/h5-7,9-12,14,26H,3-4,8,13H2,1-2H3. The van der Waals surface area contributed by atoms with Gasteiger partial charge >= 0.3 is 0 Å². The van der Waals surface area contributed by atoms with Gasteiger partial charge in [0.1, 0.15) is 5.75 Å². The Labute approximate surface area is 158 Å². The molecule has 1 aliphatic rings. The summed E-state index contributed by atoms with van der Waals surface area (Å²) in [5.74, 6) is 0.941. The average Bonchev–Trinajstić information content (AvgIpc) is 3.02. The Morgan fingerprint density at radius 3 is 2.63 bits per heavy atom. The average molecular weight is 361 g/mol. The summed E-state index contributed by atoms with van der Waals surface area (Å²) < 4.78 is 7.78. The molecule has 0 fully saturated rings. The second-order valence-corrected chi connectivity index (χ2v) is 6.81. The Kier molecular flexibility index (Phi) is 4.48. The molecule has 27 heavy (non-hydrogen) atoms. The van der Waals surface area contributed by atoms with Crippen LogP contribution in [0, 0.1) is 0 Å². The molecular weight excluding hydrogens is 338 g/mol. The van der Waals surface area contributed by atoms with Gasteiger partial charge in [-0.25, -0.2) is 0 Å². The van der Waals surface area contributed by atoms with Gasteiger partial charge < -0.3 is 9.84 Å². The molecule has 0 bridgehead atoms. The summed E-state index contributed by atoms with van der Waals surface area (Å²) in [4.78, 5) is 12.1. The van der Waals surface area contributed by atoms with Crippen molar-refractivity contribution >= 4 is 22.6 Å². The molecular formula is C23H23NO3. The number of benzene rings is 2. The van der Waals surface area contributed by atoms with E-state index >= 15 is 0 Å². The van der Waals surface area contributed by atoms with Gasteiger partial charge in [-0.05, 0) is 48.8 Å². The monoisotopic (exact) mass is 361 g/mol. The molecule has 0 atom stereocenters. The Hall–Kier alpha value is -3.01. The molecule has 4 heteroatoms. The van der Waals surface area contributed by atoms with Gasteiger partial charge in [-0.3, -0.25) is 9.36 Å². The van der Waals surface area contributed by atoms with Crippen molar-refractivity contribution in [1.82, 2.24) is 4.57 Å². The van der Waals surface area contributed by atoms with Crippen molar-refractivity contribution in [2.24, 2.45) is 0 Å². The molecule has 0 radical (unpaired) electrons. The van der Waals surface area contributed by atoms with Crippen LogP contribution in [0.2, 0.25) is 0 Å². The fraction of sp³-hybridized carbons (Fsp3) is 0.261. The number of ketones is 1. The highest BCUT2D eigenvalue weighted by Gasteiger charge is 2.26. The zero-order chi connectivity index (χ0) is 19.0. The molecule has 1 aromatic heterocycles. The summed E-state index contributed by atoms with van der Waals surface area (Å²) in [5, 5.41) is 12.8. The summed E-state index contributed by atoms with van der Waals surface area (Å²) in [6.07, 6.45) is 7.61. The Morgan fingerprint density at radius 1 is 1.15 bits per heavy atom. The lowest BCUT2D eigenvalue weighted by atomic mass is 9.86. The molecule has 3 aromatic rings. The van der Waals surface area contributed by atoms with Crippen LogP contribution in [0.3, 0.4) is 0 Å². The highest BCUT2D eigenvalue weighted by molar-refractivity contribution is 6.06. The predicted octanol–water partition coefficient (Wildman–Crippen LogP) is 4.83. The van der Waals surface area contributed by atoms with E-state index in [-0.39, 0.29) is 11.7 Å². The summed E-state index contributed by atoms with van der Waals surface area (Å²) in [6, 6.07) is 9.77. The van der Waals surface area contributed by atoms with Crippen molar-refractivity contribution < 1.29 is 14.6 Å². The van der Waals surface area contributed by atoms with E-state index in [0.717, 1.165) is 46.0 Å². The SMILES string of the molecule is CCCc1c2c(c(OCC)c3c(O)n(-c4ccccc4)cc13)C=CC(=O)C2. The third-order valence-corrected chi connectivity index (χ3v) is 5.08. The minimum Gasteiger partial charge on any atom is -0.494 e. The molecule has 1 aliphatic carbocycles. The number of nitrogens with zero attached hydrogens (tertiary/aromatic N) is 1. The van der Waals surface area contributed by atoms with Crippen LogP contribution in [0.25, 0.3) is 22.5 Å². The number of hydrogen-bond acceptors (Lipinski definition) is 3. The van der Waals surface area contributed by atoms with Crippen molar-refractivity contribution in [2.75, 3.05) is 6.61 Å². The quantitative estimate of drug-likeness (QED) is 0.708. The molecule has 0 saturated carbocycles. The zero-order valence-electron chi connectivity index (χ0n) is 15.7. The number of hydrogen-bond donors (Lipinski definition) is 1. The maximum absolute atomic E-state index is 12.1. The zero-order valence-corrected chi connectivity index (χ0v) is 15.7. The van der Waals surface area contributed by atoms with E-state index in [1.807, 2.05) is 49.5 Å². The molecule has 4 nitrogen and oxygen atoms in total. The first-order valence-corrected chi connectivity index (χ1v) is 9.46. The van der Waals surface area contributed by atoms with Crippen LogP contribution in [-0.4, -0.2) is 22.1 Å². The number of para-hydroxylation sites is 1. The lowest BCUT2D eigenvalue weighted by molar-refractivity contribution is -0.114. The van der Waals surface area contributed by atoms with Crippen molar-refractivity contribution in [3.05, 3.63) is 59.3 Å². The van der Waals surface area contributed by atoms with Crippen LogP contribution in [-0.2, 0) is 17.6 Å². The van der Waals surface area contributed by atoms with Gasteiger partial charge in [0.05, 0.1) is 12.0 Å². The van der Waals surface area contributed by atoms with Crippen LogP contribution >= 0.6 is 0 Å². The van der Waals surface area contributed by atoms with E-state index in [0.29, 0.717) is 18.8 Å². The van der Waals surface area contributed by atoms with E-state index < -0.39 is 0 Å². The Bertz CT molecular complexity index is 1040. The number of carbonyl (C=O) groups is 1. The van der Waals surface area contributed by atoms with E-state index in [2.05, 4.69) is 6.92 Å². The molecule has 2 aromatic carbocycles. The van der Waals surface area contributed by atoms with Crippen molar-refractivity contribution in [2.45, 2.75) is 33.1 Å². The van der Waals surface area contributed by atoms with Gasteiger partial charge in [0.25, 0.3) is 0 Å². The lowest BCUT2D eigenvalue weighted by Gasteiger charge is -2.20. The number of rotatable bonds is 5. The second kappa shape index (κ2) is 6.95. The van der Waals surface area contributed by atoms with Crippen LogP contribution in [0.15, 0.2) is 42.6 Å². The molecule has 1 N–H and O–H groups in total. The van der Waals surface area contributed by atoms with Gasteiger partial charge in [0.2, 0.25) is 5.88 Å². The Balaban J connectivity index is 2.10. The summed E-state index contributed by atoms with van der Waals surface area (Å²) in [7, 11) is 0. The Morgan fingerprint density at radius 2 is 1.93 bits per heavy atom. The fourth-order valence-corrected chi connectivity index (χ4v) is 3.95. The van der Waals surface area contributed by atoms with E-state index in [4.69, 9.17) is 4.74 Å². The molecule has 0 aliphatic heterocycles. The van der Waals surface area contributed by atoms with Crippen LogP contribution in [0.4, 0.5) is 0 Å². The van der Waals surface area contributed by atoms with Crippen molar-refractivity contribution in [3.63, 3.8) is 0 Å². The molecule has 4 rings (SSSR count). The molecule has 1 heterocycles. The molecule has 0 spiro atoms. The van der Waals surface area contributed by atoms with Crippen LogP contribution < -0.4 is 4.74 Å². The third kappa shape index (κ3) is 2.81. The number of ether oxygens (including phenoxy) is 1. The first-order chi connectivity index (χ1) is 13.2. The number of aromatic hydroxyl groups is 1. The number of aryl methyl sites for hydroxylation is 1. The third-order valence-electron chi connectivity index (χ3n) is 5.08. The topological polar surface area (TPSA) is 51.5 Å². The van der Waals surface area contributed by atoms with Crippen molar-refractivity contribution in [3.8, 4) is 17.3 Å². The fourth-order valence-electron chi connectivity index (χ4n) is 3.95. The molecule has 138 valence electrons. The first-order valence-electron chi connectivity index (χ1n) is 9.46. The van der Waals surface area contributed by atoms with E-state index in [1.165, 1.54) is 0 Å². The predicted molar refractivity (Wildman–Crippen MR) is 108 cm³/mol. The maximum Gasteiger partial charge on any atom is 0.207 e. The summed E-state index contributed by atoms with van der Waals surface area (Å²) >= 11 is 0. The normalized spacial score (nSPS) is 13.2. The number of carbonyl (C=O) groups excluding carboxylic acids is 1. The largest absolute Gasteiger partial charge is 0.494 e. The summed E-state index contributed by atoms with van der Waals surface area (Å²) in [5.41, 5.74) is 3.98. The lowest BCUT2D eigenvalue weighted by Crippen LogP contribution is -2.11. The number of fused-ring (bicyclic) bond motifs is 2. The summed E-state index contributed by atoms with van der Waals surface area (Å²) in [6.45, 7) is 4.55. The first kappa shape index (κ1) is 17.4. The second-order valence-electron chi connectivity index (χ2n) is 6.81. The highest BCUT2D eigenvalue weighted by atomic mass is 16.5. The van der Waals surface area contributed by atoms with Gasteiger partial charge in [-0.1, -0.05) is 31.5 Å². The minimum absolute atomic E-state index is 0.105. The van der Waals surface area contributed by atoms with E-state index in [9.17, 15) is 9.90 Å². The molecule has 0 saturated heterocycles. The maximum atomic E-state index is 12.1. The van der Waals surface area contributed by atoms with Gasteiger partial charge in [0.15, 0.2) is 5.78 Å². The van der Waals surface area contributed by atoms with E-state index in [1.54, 1.807) is 10.6 Å². The molecule has 0 unspecified atom stereocenters. The number of aromatic nitrogens is 1. The van der Waals surface area contributed by atoms with Gasteiger partial charge in [0, 0.05) is 29.3 Å². The highest BCUT2D eigenvalue weighted by Crippen LogP contribution is 2.45. The van der Waals surface area contributed by atoms with Crippen LogP contribution in [0.5, 0.6) is 11.6 Å². The van der Waals surface area contributed by atoms with Gasteiger partial charge in [-0.2, -0.15) is 0 Å². The smallest absolute Gasteiger partial charge is 0.207 e. The van der Waals surface area contributed by atoms with Gasteiger partial charge in [-0.15, -0.1) is 0 Å². The van der Waals surface area contributed by atoms with Crippen molar-refractivity contribution in [1.29, 1.82) is 0 Å². The number of allylic oxidation sites excluding steroid dienone is 1. The van der Waals surface area contributed by atoms with Crippen LogP contribution in [0.1, 0.15) is 37.0 Å². The minimum atomic E-state index is 0.105.